The molecule has 0 amide bonds. The predicted molar refractivity (Wildman–Crippen MR) is 124 cm³/mol. The van der Waals surface area contributed by atoms with Crippen molar-refractivity contribution in [1.82, 2.24) is 5.43 Å². The lowest BCUT2D eigenvalue weighted by Crippen LogP contribution is -2.06. The molecule has 9 heteroatoms. The van der Waals surface area contributed by atoms with E-state index >= 15 is 0 Å². The molecule has 0 aliphatic carbocycles. The fourth-order valence-electron chi connectivity index (χ4n) is 3.01. The van der Waals surface area contributed by atoms with Gasteiger partial charge in [-0.2, -0.15) is 5.10 Å². The van der Waals surface area contributed by atoms with Crippen LogP contribution in [0.25, 0.3) is 0 Å². The zero-order chi connectivity index (χ0) is 23.6. The lowest BCUT2D eigenvalue weighted by molar-refractivity contribution is -0.384. The number of non-ortho nitro benzene ring substituents is 1. The average Bonchev–Trinajstić information content (AvgIpc) is 2.85. The molecule has 3 aromatic carbocycles. The third kappa shape index (κ3) is 6.36. The topological polar surface area (TPSA) is 104 Å². The van der Waals surface area contributed by atoms with Gasteiger partial charge in [0.25, 0.3) is 5.69 Å². The SMILES string of the molecule is COc1ccc(CN/N=C\c2ccc(OCc3ccc([N+](=O)[O-])cc3)c(OC)c2)cc1OC. The fraction of sp³-hybridized carbons (Fsp3) is 0.208. The number of benzene rings is 3. The van der Waals surface area contributed by atoms with Crippen LogP contribution in [0.2, 0.25) is 0 Å². The fourth-order valence-corrected chi connectivity index (χ4v) is 3.01. The maximum absolute atomic E-state index is 10.8. The minimum absolute atomic E-state index is 0.0414. The predicted octanol–water partition coefficient (Wildman–Crippen LogP) is 4.32. The standard InChI is InChI=1S/C24H25N3O6/c1-30-21-10-6-18(12-23(21)31-2)14-25-26-15-19-7-11-22(24(13-19)32-3)33-16-17-4-8-20(9-5-17)27(28)29/h4-13,15,25H,14,16H2,1-3H3/b26-15-. The third-order valence-corrected chi connectivity index (χ3v) is 4.77. The van der Waals surface area contributed by atoms with Crippen molar-refractivity contribution >= 4 is 11.9 Å². The molecule has 0 aliphatic heterocycles. The molecule has 33 heavy (non-hydrogen) atoms. The molecule has 0 heterocycles. The van der Waals surface area contributed by atoms with Gasteiger partial charge in [0.05, 0.1) is 39.0 Å². The first-order valence-electron chi connectivity index (χ1n) is 10.0. The molecule has 0 atom stereocenters. The first kappa shape index (κ1) is 23.4. The van der Waals surface area contributed by atoms with Crippen molar-refractivity contribution in [2.45, 2.75) is 13.2 Å². The van der Waals surface area contributed by atoms with Gasteiger partial charge in [-0.05, 0) is 59.2 Å². The Kier molecular flexibility index (Phi) is 8.07. The first-order valence-corrected chi connectivity index (χ1v) is 10.0. The van der Waals surface area contributed by atoms with Crippen molar-refractivity contribution in [2.24, 2.45) is 5.10 Å². The Morgan fingerprint density at radius 3 is 2.15 bits per heavy atom. The Labute approximate surface area is 191 Å². The number of ether oxygens (including phenoxy) is 4. The minimum Gasteiger partial charge on any atom is -0.493 e. The molecule has 0 saturated heterocycles. The van der Waals surface area contributed by atoms with Crippen LogP contribution in [0.1, 0.15) is 16.7 Å². The molecule has 0 bridgehead atoms. The van der Waals surface area contributed by atoms with E-state index in [0.717, 1.165) is 16.7 Å². The largest absolute Gasteiger partial charge is 0.493 e. The molecule has 172 valence electrons. The van der Waals surface area contributed by atoms with Crippen molar-refractivity contribution in [3.63, 3.8) is 0 Å². The van der Waals surface area contributed by atoms with E-state index in [4.69, 9.17) is 18.9 Å². The molecular formula is C24H25N3O6. The number of methoxy groups -OCH3 is 3. The van der Waals surface area contributed by atoms with Gasteiger partial charge in [0.1, 0.15) is 6.61 Å². The highest BCUT2D eigenvalue weighted by molar-refractivity contribution is 5.80. The Morgan fingerprint density at radius 1 is 0.848 bits per heavy atom. The second-order valence-corrected chi connectivity index (χ2v) is 6.90. The molecule has 0 unspecified atom stereocenters. The van der Waals surface area contributed by atoms with Crippen molar-refractivity contribution in [2.75, 3.05) is 21.3 Å². The lowest BCUT2D eigenvalue weighted by atomic mass is 10.2. The lowest BCUT2D eigenvalue weighted by Gasteiger charge is -2.11. The molecule has 0 spiro atoms. The summed E-state index contributed by atoms with van der Waals surface area (Å²) in [5.74, 6) is 2.45. The van der Waals surface area contributed by atoms with Crippen LogP contribution in [-0.4, -0.2) is 32.5 Å². The second-order valence-electron chi connectivity index (χ2n) is 6.90. The van der Waals surface area contributed by atoms with Gasteiger partial charge in [0.15, 0.2) is 23.0 Å². The van der Waals surface area contributed by atoms with Crippen LogP contribution in [0, 0.1) is 10.1 Å². The summed E-state index contributed by atoms with van der Waals surface area (Å²) in [5.41, 5.74) is 5.68. The van der Waals surface area contributed by atoms with Crippen molar-refractivity contribution < 1.29 is 23.9 Å². The number of hydrogen-bond donors (Lipinski definition) is 1. The maximum Gasteiger partial charge on any atom is 0.269 e. The van der Waals surface area contributed by atoms with Gasteiger partial charge in [0, 0.05) is 12.1 Å². The molecule has 0 fully saturated rings. The summed E-state index contributed by atoms with van der Waals surface area (Å²) >= 11 is 0. The smallest absolute Gasteiger partial charge is 0.269 e. The number of hydrogen-bond acceptors (Lipinski definition) is 8. The number of nitrogens with one attached hydrogen (secondary N) is 1. The third-order valence-electron chi connectivity index (χ3n) is 4.77. The number of hydrazone groups is 1. The van der Waals surface area contributed by atoms with E-state index in [1.54, 1.807) is 45.7 Å². The van der Waals surface area contributed by atoms with E-state index in [-0.39, 0.29) is 12.3 Å². The van der Waals surface area contributed by atoms with Gasteiger partial charge in [-0.1, -0.05) is 6.07 Å². The van der Waals surface area contributed by atoms with Gasteiger partial charge in [-0.15, -0.1) is 0 Å². The molecular weight excluding hydrogens is 426 g/mol. The van der Waals surface area contributed by atoms with Crippen LogP contribution in [0.15, 0.2) is 65.8 Å². The van der Waals surface area contributed by atoms with Gasteiger partial charge in [-0.25, -0.2) is 0 Å². The Balaban J connectivity index is 1.57. The summed E-state index contributed by atoms with van der Waals surface area (Å²) in [5, 5.41) is 15.0. The Bertz CT molecular complexity index is 1120. The van der Waals surface area contributed by atoms with Gasteiger partial charge in [-0.3, -0.25) is 10.1 Å². The van der Waals surface area contributed by atoms with Crippen LogP contribution >= 0.6 is 0 Å². The van der Waals surface area contributed by atoms with E-state index in [0.29, 0.717) is 29.5 Å². The monoisotopic (exact) mass is 451 g/mol. The van der Waals surface area contributed by atoms with Crippen molar-refractivity contribution in [3.05, 3.63) is 87.5 Å². The molecule has 3 rings (SSSR count). The molecule has 0 aromatic heterocycles. The summed E-state index contributed by atoms with van der Waals surface area (Å²) in [4.78, 5) is 10.3. The van der Waals surface area contributed by atoms with E-state index in [1.807, 2.05) is 30.3 Å². The van der Waals surface area contributed by atoms with Crippen molar-refractivity contribution in [1.29, 1.82) is 0 Å². The highest BCUT2D eigenvalue weighted by atomic mass is 16.6. The number of nitro groups is 1. The summed E-state index contributed by atoms with van der Waals surface area (Å²) in [6, 6.07) is 17.4. The molecule has 9 nitrogen and oxygen atoms in total. The van der Waals surface area contributed by atoms with Gasteiger partial charge < -0.3 is 24.4 Å². The molecule has 0 saturated carbocycles. The summed E-state index contributed by atoms with van der Waals surface area (Å²) in [7, 11) is 4.75. The Morgan fingerprint density at radius 2 is 1.48 bits per heavy atom. The van der Waals surface area contributed by atoms with Crippen LogP contribution in [0.4, 0.5) is 5.69 Å². The Hall–Kier alpha value is -4.27. The first-order chi connectivity index (χ1) is 16.0. The summed E-state index contributed by atoms with van der Waals surface area (Å²) in [6.45, 7) is 0.777. The van der Waals surface area contributed by atoms with Gasteiger partial charge >= 0.3 is 0 Å². The quantitative estimate of drug-likeness (QED) is 0.263. The van der Waals surface area contributed by atoms with Crippen LogP contribution in [0.5, 0.6) is 23.0 Å². The molecule has 0 aliphatic rings. The van der Waals surface area contributed by atoms with Crippen LogP contribution < -0.4 is 24.4 Å². The van der Waals surface area contributed by atoms with E-state index in [1.165, 1.54) is 12.1 Å². The number of nitro benzene ring substituents is 1. The zero-order valence-corrected chi connectivity index (χ0v) is 18.6. The number of rotatable bonds is 11. The highest BCUT2D eigenvalue weighted by Crippen LogP contribution is 2.29. The molecule has 1 N–H and O–H groups in total. The average molecular weight is 451 g/mol. The summed E-state index contributed by atoms with van der Waals surface area (Å²) in [6.07, 6.45) is 1.68. The van der Waals surface area contributed by atoms with E-state index in [9.17, 15) is 10.1 Å². The highest BCUT2D eigenvalue weighted by Gasteiger charge is 2.08. The normalized spacial score (nSPS) is 10.6. The number of nitrogens with zero attached hydrogens (tertiary/aromatic N) is 2. The van der Waals surface area contributed by atoms with Crippen LogP contribution in [-0.2, 0) is 13.2 Å². The summed E-state index contributed by atoms with van der Waals surface area (Å²) < 4.78 is 21.8. The van der Waals surface area contributed by atoms with Gasteiger partial charge in [0.2, 0.25) is 0 Å². The van der Waals surface area contributed by atoms with E-state index < -0.39 is 4.92 Å². The minimum atomic E-state index is -0.434. The molecule has 0 radical (unpaired) electrons. The second kappa shape index (κ2) is 11.4. The van der Waals surface area contributed by atoms with E-state index in [2.05, 4.69) is 10.5 Å². The molecule has 3 aromatic rings. The van der Waals surface area contributed by atoms with Crippen LogP contribution in [0.3, 0.4) is 0 Å². The van der Waals surface area contributed by atoms with Crippen molar-refractivity contribution in [3.8, 4) is 23.0 Å². The zero-order valence-electron chi connectivity index (χ0n) is 18.6. The maximum atomic E-state index is 10.8.